The maximum absolute atomic E-state index is 12.9. The molecule has 2 fully saturated rings. The third kappa shape index (κ3) is 2.85. The zero-order valence-electron chi connectivity index (χ0n) is 14.8. The minimum Gasteiger partial charge on any atom is -0.383 e. The number of likely N-dealkylation sites (tertiary alicyclic amines) is 1. The number of carbonyl (C=O) groups is 1. The van der Waals surface area contributed by atoms with Gasteiger partial charge in [-0.3, -0.25) is 4.79 Å². The summed E-state index contributed by atoms with van der Waals surface area (Å²) in [6.07, 6.45) is 2.26. The minimum atomic E-state index is -0.470. The summed E-state index contributed by atoms with van der Waals surface area (Å²) >= 11 is 0. The van der Waals surface area contributed by atoms with Gasteiger partial charge in [-0.25, -0.2) is 4.98 Å². The predicted octanol–water partition coefficient (Wildman–Crippen LogP) is 2.08. The zero-order valence-corrected chi connectivity index (χ0v) is 14.8. The highest BCUT2D eigenvalue weighted by Crippen LogP contribution is 2.43. The van der Waals surface area contributed by atoms with E-state index in [4.69, 9.17) is 15.2 Å². The van der Waals surface area contributed by atoms with Crippen molar-refractivity contribution in [1.29, 1.82) is 0 Å². The van der Waals surface area contributed by atoms with Gasteiger partial charge in [-0.2, -0.15) is 0 Å². The maximum atomic E-state index is 12.9. The highest BCUT2D eigenvalue weighted by Gasteiger charge is 2.54. The van der Waals surface area contributed by atoms with Gasteiger partial charge >= 0.3 is 0 Å². The Labute approximate surface area is 152 Å². The molecule has 0 unspecified atom stereocenters. The van der Waals surface area contributed by atoms with Gasteiger partial charge in [0, 0.05) is 19.2 Å². The average molecular weight is 353 g/mol. The van der Waals surface area contributed by atoms with E-state index in [1.54, 1.807) is 30.3 Å². The Kier molecular flexibility index (Phi) is 4.38. The Balaban J connectivity index is 1.55. The molecule has 0 aliphatic carbocycles. The van der Waals surface area contributed by atoms with Gasteiger partial charge in [-0.15, -0.1) is 0 Å². The van der Waals surface area contributed by atoms with Gasteiger partial charge in [-0.05, 0) is 24.1 Å². The van der Waals surface area contributed by atoms with Crippen LogP contribution in [0.5, 0.6) is 0 Å². The zero-order chi connectivity index (χ0) is 18.1. The lowest BCUT2D eigenvalue weighted by Crippen LogP contribution is -2.42. The van der Waals surface area contributed by atoms with Gasteiger partial charge < -0.3 is 20.1 Å². The Morgan fingerprint density at radius 3 is 2.85 bits per heavy atom. The number of methoxy groups -OCH3 is 1. The molecule has 2 saturated heterocycles. The topological polar surface area (TPSA) is 77.7 Å². The molecule has 136 valence electrons. The summed E-state index contributed by atoms with van der Waals surface area (Å²) in [6.45, 7) is 1.63. The standard InChI is InChI=1S/C20H23N3O3/c1-25-17-11-23(19(24)16-8-5-9-22-18(16)21)13-20(17)10-15(12-26-20)14-6-3-2-4-7-14/h2-9,15,17H,10-13H2,1H3,(H2,21,22)/t15-,17-,20-/m1/s1. The van der Waals surface area contributed by atoms with Crippen molar-refractivity contribution in [2.45, 2.75) is 24.0 Å². The van der Waals surface area contributed by atoms with Crippen LogP contribution in [0.1, 0.15) is 28.3 Å². The normalized spacial score (nSPS) is 28.0. The van der Waals surface area contributed by atoms with E-state index in [1.807, 2.05) is 18.2 Å². The number of nitrogens with zero attached hydrogens (tertiary/aromatic N) is 2. The third-order valence-corrected chi connectivity index (χ3v) is 5.51. The summed E-state index contributed by atoms with van der Waals surface area (Å²) in [4.78, 5) is 18.7. The smallest absolute Gasteiger partial charge is 0.257 e. The van der Waals surface area contributed by atoms with Crippen LogP contribution in [0.15, 0.2) is 48.7 Å². The van der Waals surface area contributed by atoms with Gasteiger partial charge in [0.05, 0.1) is 25.3 Å². The second-order valence-electron chi connectivity index (χ2n) is 7.03. The van der Waals surface area contributed by atoms with Crippen LogP contribution in [0.3, 0.4) is 0 Å². The van der Waals surface area contributed by atoms with E-state index in [2.05, 4.69) is 17.1 Å². The van der Waals surface area contributed by atoms with Crippen molar-refractivity contribution in [3.8, 4) is 0 Å². The van der Waals surface area contributed by atoms with Gasteiger partial charge in [-0.1, -0.05) is 30.3 Å². The average Bonchev–Trinajstić information content (AvgIpc) is 3.27. The second-order valence-corrected chi connectivity index (χ2v) is 7.03. The molecule has 2 N–H and O–H groups in total. The Morgan fingerprint density at radius 2 is 2.12 bits per heavy atom. The van der Waals surface area contributed by atoms with Crippen molar-refractivity contribution >= 4 is 11.7 Å². The molecule has 0 radical (unpaired) electrons. The number of anilines is 1. The number of nitrogen functional groups attached to an aromatic ring is 1. The molecule has 1 spiro atoms. The summed E-state index contributed by atoms with van der Waals surface area (Å²) in [5.41, 5.74) is 7.10. The van der Waals surface area contributed by atoms with Gasteiger partial charge in [0.2, 0.25) is 0 Å². The van der Waals surface area contributed by atoms with Crippen LogP contribution in [-0.4, -0.2) is 54.3 Å². The molecule has 1 amide bonds. The molecule has 1 aromatic carbocycles. The molecule has 4 rings (SSSR count). The summed E-state index contributed by atoms with van der Waals surface area (Å²) in [6, 6.07) is 13.8. The molecule has 2 aromatic rings. The molecule has 0 bridgehead atoms. The Morgan fingerprint density at radius 1 is 1.31 bits per heavy atom. The first-order valence-electron chi connectivity index (χ1n) is 8.84. The van der Waals surface area contributed by atoms with Crippen molar-refractivity contribution in [1.82, 2.24) is 9.88 Å². The fourth-order valence-corrected chi connectivity index (χ4v) is 4.14. The lowest BCUT2D eigenvalue weighted by atomic mass is 9.87. The maximum Gasteiger partial charge on any atom is 0.257 e. The van der Waals surface area contributed by atoms with E-state index >= 15 is 0 Å². The SMILES string of the molecule is CO[C@@H]1CN(C(=O)c2cccnc2N)C[C@]12C[C@@H](c1ccccc1)CO2. The summed E-state index contributed by atoms with van der Waals surface area (Å²) in [7, 11) is 1.68. The molecule has 6 heteroatoms. The van der Waals surface area contributed by atoms with Gasteiger partial charge in [0.15, 0.2) is 0 Å². The van der Waals surface area contributed by atoms with Crippen molar-refractivity contribution in [3.05, 3.63) is 59.8 Å². The molecule has 2 aliphatic heterocycles. The number of rotatable bonds is 3. The number of ether oxygens (including phenoxy) is 2. The lowest BCUT2D eigenvalue weighted by Gasteiger charge is -2.28. The van der Waals surface area contributed by atoms with E-state index in [0.29, 0.717) is 31.2 Å². The van der Waals surface area contributed by atoms with Crippen LogP contribution in [0, 0.1) is 0 Å². The first-order chi connectivity index (χ1) is 12.6. The summed E-state index contributed by atoms with van der Waals surface area (Å²) < 4.78 is 12.0. The fraction of sp³-hybridized carbons (Fsp3) is 0.400. The van der Waals surface area contributed by atoms with Crippen LogP contribution >= 0.6 is 0 Å². The second kappa shape index (κ2) is 6.70. The largest absolute Gasteiger partial charge is 0.383 e. The monoisotopic (exact) mass is 353 g/mol. The predicted molar refractivity (Wildman–Crippen MR) is 97.8 cm³/mol. The number of amides is 1. The highest BCUT2D eigenvalue weighted by atomic mass is 16.6. The van der Waals surface area contributed by atoms with E-state index in [9.17, 15) is 4.79 Å². The van der Waals surface area contributed by atoms with Crippen molar-refractivity contribution in [2.24, 2.45) is 0 Å². The fourth-order valence-electron chi connectivity index (χ4n) is 4.14. The molecule has 26 heavy (non-hydrogen) atoms. The van der Waals surface area contributed by atoms with Crippen LogP contribution in [-0.2, 0) is 9.47 Å². The number of aromatic nitrogens is 1. The van der Waals surface area contributed by atoms with E-state index in [1.165, 1.54) is 5.56 Å². The molecular weight excluding hydrogens is 330 g/mol. The summed E-state index contributed by atoms with van der Waals surface area (Å²) in [5, 5.41) is 0. The molecule has 1 aromatic heterocycles. The molecule has 6 nitrogen and oxygen atoms in total. The van der Waals surface area contributed by atoms with Crippen LogP contribution in [0.2, 0.25) is 0 Å². The molecule has 0 saturated carbocycles. The molecule has 3 atom stereocenters. The number of carbonyl (C=O) groups excluding carboxylic acids is 1. The highest BCUT2D eigenvalue weighted by molar-refractivity contribution is 5.98. The molecule has 3 heterocycles. The Bertz CT molecular complexity index is 798. The molecule has 2 aliphatic rings. The Hall–Kier alpha value is -2.44. The van der Waals surface area contributed by atoms with Gasteiger partial charge in [0.25, 0.3) is 5.91 Å². The first-order valence-corrected chi connectivity index (χ1v) is 8.84. The number of benzene rings is 1. The van der Waals surface area contributed by atoms with Crippen molar-refractivity contribution < 1.29 is 14.3 Å². The van der Waals surface area contributed by atoms with E-state index in [-0.39, 0.29) is 17.8 Å². The first kappa shape index (κ1) is 17.0. The van der Waals surface area contributed by atoms with Crippen LogP contribution in [0.4, 0.5) is 5.82 Å². The number of pyridine rings is 1. The van der Waals surface area contributed by atoms with Crippen LogP contribution in [0.25, 0.3) is 0 Å². The molecular formula is C20H23N3O3. The lowest BCUT2D eigenvalue weighted by molar-refractivity contribution is -0.0755. The van der Waals surface area contributed by atoms with Crippen molar-refractivity contribution in [2.75, 3.05) is 32.5 Å². The van der Waals surface area contributed by atoms with Crippen molar-refractivity contribution in [3.63, 3.8) is 0 Å². The van der Waals surface area contributed by atoms with E-state index in [0.717, 1.165) is 6.42 Å². The van der Waals surface area contributed by atoms with E-state index < -0.39 is 5.60 Å². The number of nitrogens with two attached hydrogens (primary N) is 1. The third-order valence-electron chi connectivity index (χ3n) is 5.51. The quantitative estimate of drug-likeness (QED) is 0.914. The number of hydrogen-bond acceptors (Lipinski definition) is 5. The minimum absolute atomic E-state index is 0.124. The number of hydrogen-bond donors (Lipinski definition) is 1. The van der Waals surface area contributed by atoms with Crippen LogP contribution < -0.4 is 5.73 Å². The van der Waals surface area contributed by atoms with Gasteiger partial charge in [0.1, 0.15) is 17.5 Å². The summed E-state index contributed by atoms with van der Waals surface area (Å²) in [5.74, 6) is 0.440.